The maximum atomic E-state index is 3.88. The van der Waals surface area contributed by atoms with Crippen LogP contribution in [0.3, 0.4) is 0 Å². The molecule has 0 aromatic heterocycles. The summed E-state index contributed by atoms with van der Waals surface area (Å²) in [5.41, 5.74) is 13.6. The van der Waals surface area contributed by atoms with E-state index in [0.29, 0.717) is 0 Å². The molecule has 0 saturated carbocycles. The lowest BCUT2D eigenvalue weighted by molar-refractivity contribution is 0.768. The Morgan fingerprint density at radius 1 is 0.462 bits per heavy atom. The van der Waals surface area contributed by atoms with Gasteiger partial charge in [0.05, 0.1) is 5.41 Å². The van der Waals surface area contributed by atoms with Crippen molar-refractivity contribution in [2.45, 2.75) is 17.9 Å². The first-order chi connectivity index (χ1) is 25.8. The quantitative estimate of drug-likeness (QED) is 0.175. The second-order valence-electron chi connectivity index (χ2n) is 14.1. The van der Waals surface area contributed by atoms with Crippen LogP contribution in [0.25, 0.3) is 49.4 Å². The zero-order valence-electron chi connectivity index (χ0n) is 28.8. The highest BCUT2D eigenvalue weighted by Crippen LogP contribution is 2.56. The number of anilines is 1. The molecule has 0 bridgehead atoms. The van der Waals surface area contributed by atoms with Crippen LogP contribution in [0, 0.1) is 0 Å². The first kappa shape index (κ1) is 30.4. The maximum Gasteiger partial charge on any atom is 0.0714 e. The van der Waals surface area contributed by atoms with Crippen molar-refractivity contribution in [2.24, 2.45) is 0 Å². The van der Waals surface area contributed by atoms with Gasteiger partial charge in [-0.05, 0) is 102 Å². The van der Waals surface area contributed by atoms with Gasteiger partial charge in [-0.2, -0.15) is 0 Å². The van der Waals surface area contributed by atoms with Crippen LogP contribution >= 0.6 is 0 Å². The van der Waals surface area contributed by atoms with Crippen LogP contribution < -0.4 is 5.32 Å². The zero-order chi connectivity index (χ0) is 34.5. The fraction of sp³-hybridized carbons (Fsp3) is 0.0588. The van der Waals surface area contributed by atoms with E-state index in [1.807, 2.05) is 0 Å². The predicted octanol–water partition coefficient (Wildman–Crippen LogP) is 12.8. The summed E-state index contributed by atoms with van der Waals surface area (Å²) in [5.74, 6) is 0. The van der Waals surface area contributed by atoms with Crippen molar-refractivity contribution in [1.29, 1.82) is 0 Å². The van der Waals surface area contributed by atoms with E-state index >= 15 is 0 Å². The molecule has 10 rings (SSSR count). The Morgan fingerprint density at radius 2 is 1.08 bits per heavy atom. The fourth-order valence-corrected chi connectivity index (χ4v) is 8.83. The number of hydrogen-bond donors (Lipinski definition) is 1. The summed E-state index contributed by atoms with van der Waals surface area (Å²) in [7, 11) is 0. The van der Waals surface area contributed by atoms with Crippen LogP contribution in [-0.4, -0.2) is 6.04 Å². The molecule has 52 heavy (non-hydrogen) atoms. The van der Waals surface area contributed by atoms with Gasteiger partial charge in [-0.3, -0.25) is 0 Å². The molecule has 0 fully saturated rings. The first-order valence-corrected chi connectivity index (χ1v) is 18.3. The van der Waals surface area contributed by atoms with Gasteiger partial charge < -0.3 is 5.32 Å². The van der Waals surface area contributed by atoms with Crippen molar-refractivity contribution in [3.05, 3.63) is 228 Å². The molecule has 246 valence electrons. The van der Waals surface area contributed by atoms with E-state index in [-0.39, 0.29) is 6.04 Å². The van der Waals surface area contributed by atoms with Gasteiger partial charge in [0, 0.05) is 11.7 Å². The molecule has 0 aliphatic heterocycles. The van der Waals surface area contributed by atoms with Gasteiger partial charge in [0.1, 0.15) is 0 Å². The minimum atomic E-state index is -0.396. The molecule has 2 aliphatic rings. The third-order valence-corrected chi connectivity index (χ3v) is 11.2. The summed E-state index contributed by atoms with van der Waals surface area (Å²) < 4.78 is 0. The van der Waals surface area contributed by atoms with Crippen molar-refractivity contribution < 1.29 is 0 Å². The molecule has 1 atom stereocenters. The van der Waals surface area contributed by atoms with E-state index in [0.717, 1.165) is 12.1 Å². The standard InChI is InChI=1S/C51H37N/c1-3-14-39(15-4-1)51(40-16-5-2-6-17-40)49-22-12-11-21-46(49)47-32-31-42(34-50(47)51)52-41-29-27-36(28-30-41)35-23-25-37(26-24-35)48-33-38-13-7-8-18-43(38)44-19-9-10-20-45(44)48/h1-29,31-34,41,52H,30H2. The molecule has 0 amide bonds. The van der Waals surface area contributed by atoms with Crippen LogP contribution in [0.5, 0.6) is 0 Å². The Hall–Kier alpha value is -6.44. The molecule has 0 spiro atoms. The molecule has 2 aliphatic carbocycles. The van der Waals surface area contributed by atoms with Crippen LogP contribution in [0.2, 0.25) is 0 Å². The lowest BCUT2D eigenvalue weighted by Gasteiger charge is -2.34. The van der Waals surface area contributed by atoms with Crippen LogP contribution in [0.15, 0.2) is 200 Å². The van der Waals surface area contributed by atoms with Crippen molar-refractivity contribution in [1.82, 2.24) is 0 Å². The summed E-state index contributed by atoms with van der Waals surface area (Å²) in [6, 6.07) is 67.0. The second-order valence-corrected chi connectivity index (χ2v) is 14.1. The van der Waals surface area contributed by atoms with E-state index < -0.39 is 5.41 Å². The first-order valence-electron chi connectivity index (χ1n) is 18.3. The van der Waals surface area contributed by atoms with E-state index in [4.69, 9.17) is 0 Å². The van der Waals surface area contributed by atoms with Crippen LogP contribution in [-0.2, 0) is 5.41 Å². The number of hydrogen-bond acceptors (Lipinski definition) is 1. The van der Waals surface area contributed by atoms with E-state index in [2.05, 4.69) is 206 Å². The van der Waals surface area contributed by atoms with E-state index in [1.165, 1.54) is 77.2 Å². The second kappa shape index (κ2) is 12.4. The minimum absolute atomic E-state index is 0.205. The molecule has 8 aromatic carbocycles. The van der Waals surface area contributed by atoms with Crippen molar-refractivity contribution in [3.63, 3.8) is 0 Å². The Morgan fingerprint density at radius 3 is 1.81 bits per heavy atom. The summed E-state index contributed by atoms with van der Waals surface area (Å²) >= 11 is 0. The molecule has 1 unspecified atom stereocenters. The SMILES string of the molecule is C1=CC(Nc2ccc3c(c2)C(c2ccccc2)(c2ccccc2)c2ccccc2-3)CC=C1c1ccc(-c2cc3ccccc3c3ccccc23)cc1. The monoisotopic (exact) mass is 663 g/mol. The number of nitrogens with one attached hydrogen (secondary N) is 1. The molecule has 8 aromatic rings. The predicted molar refractivity (Wildman–Crippen MR) is 220 cm³/mol. The van der Waals surface area contributed by atoms with Crippen LogP contribution in [0.1, 0.15) is 34.2 Å². The number of fused-ring (bicyclic) bond motifs is 6. The largest absolute Gasteiger partial charge is 0.379 e. The summed E-state index contributed by atoms with van der Waals surface area (Å²) in [6.45, 7) is 0. The van der Waals surface area contributed by atoms with Crippen molar-refractivity contribution >= 4 is 32.8 Å². The molecular weight excluding hydrogens is 627 g/mol. The summed E-state index contributed by atoms with van der Waals surface area (Å²) in [5, 5.41) is 9.05. The molecule has 1 N–H and O–H groups in total. The van der Waals surface area contributed by atoms with Gasteiger partial charge in [-0.25, -0.2) is 0 Å². The smallest absolute Gasteiger partial charge is 0.0714 e. The topological polar surface area (TPSA) is 12.0 Å². The summed E-state index contributed by atoms with van der Waals surface area (Å²) in [6.07, 6.45) is 7.90. The molecule has 1 nitrogen and oxygen atoms in total. The third-order valence-electron chi connectivity index (χ3n) is 11.2. The molecular formula is C51H37N. The average Bonchev–Trinajstić information content (AvgIpc) is 3.52. The van der Waals surface area contributed by atoms with E-state index in [1.54, 1.807) is 0 Å². The van der Waals surface area contributed by atoms with Gasteiger partial charge in [0.2, 0.25) is 0 Å². The number of rotatable bonds is 6. The molecule has 0 saturated heterocycles. The number of benzene rings is 8. The number of allylic oxidation sites excluding steroid dienone is 2. The molecule has 0 heterocycles. The minimum Gasteiger partial charge on any atom is -0.379 e. The third kappa shape index (κ3) is 4.85. The van der Waals surface area contributed by atoms with Gasteiger partial charge in [0.15, 0.2) is 0 Å². The van der Waals surface area contributed by atoms with Gasteiger partial charge >= 0.3 is 0 Å². The lowest BCUT2D eigenvalue weighted by Crippen LogP contribution is -2.28. The Balaban J connectivity index is 0.941. The van der Waals surface area contributed by atoms with Gasteiger partial charge in [0.25, 0.3) is 0 Å². The zero-order valence-corrected chi connectivity index (χ0v) is 28.8. The lowest BCUT2D eigenvalue weighted by atomic mass is 9.67. The highest BCUT2D eigenvalue weighted by atomic mass is 14.9. The van der Waals surface area contributed by atoms with Crippen molar-refractivity contribution in [2.75, 3.05) is 5.32 Å². The van der Waals surface area contributed by atoms with Gasteiger partial charge in [-0.15, -0.1) is 0 Å². The van der Waals surface area contributed by atoms with E-state index in [9.17, 15) is 0 Å². The van der Waals surface area contributed by atoms with Crippen molar-refractivity contribution in [3.8, 4) is 22.3 Å². The summed E-state index contributed by atoms with van der Waals surface area (Å²) in [4.78, 5) is 0. The average molecular weight is 664 g/mol. The Labute approximate surface area is 305 Å². The highest BCUT2D eigenvalue weighted by Gasteiger charge is 2.46. The fourth-order valence-electron chi connectivity index (χ4n) is 8.83. The maximum absolute atomic E-state index is 3.88. The molecule has 1 heteroatoms. The Kier molecular flexibility index (Phi) is 7.25. The Bertz CT molecular complexity index is 2620. The highest BCUT2D eigenvalue weighted by molar-refractivity contribution is 6.13. The van der Waals surface area contributed by atoms with Crippen LogP contribution in [0.4, 0.5) is 5.69 Å². The normalized spacial score (nSPS) is 15.6. The molecule has 0 radical (unpaired) electrons. The van der Waals surface area contributed by atoms with Gasteiger partial charge in [-0.1, -0.05) is 182 Å².